The van der Waals surface area contributed by atoms with E-state index in [-0.39, 0.29) is 132 Å². The van der Waals surface area contributed by atoms with Gasteiger partial charge in [-0.15, -0.1) is 0 Å². The first-order valence-corrected chi connectivity index (χ1v) is 1.95. The number of rotatable bonds is 0. The van der Waals surface area contributed by atoms with Crippen molar-refractivity contribution in [3.63, 3.8) is 0 Å². The van der Waals surface area contributed by atoms with Crippen LogP contribution in [0.15, 0.2) is 0 Å². The predicted octanol–water partition coefficient (Wildman–Crippen LogP) is -6.00. The maximum Gasteiger partial charge on any atom is 2.00 e. The van der Waals surface area contributed by atoms with E-state index in [1.165, 1.54) is 0 Å². The molecule has 0 aromatic heterocycles. The van der Waals surface area contributed by atoms with Gasteiger partial charge in [-0.1, -0.05) is 0 Å². The zero-order valence-electron chi connectivity index (χ0n) is 9.57. The van der Waals surface area contributed by atoms with E-state index < -0.39 is 9.17 Å². The van der Waals surface area contributed by atoms with Crippen LogP contribution in [0.4, 0.5) is 0 Å². The second kappa shape index (κ2) is 29.8. The van der Waals surface area contributed by atoms with E-state index in [0.29, 0.717) is 0 Å². The van der Waals surface area contributed by atoms with Gasteiger partial charge in [0.2, 0.25) is 0 Å². The minimum atomic E-state index is -3.13. The Morgan fingerprint density at radius 3 is 1.33 bits per heavy atom. The Morgan fingerprint density at radius 1 is 1.33 bits per heavy atom. The van der Waals surface area contributed by atoms with Crippen LogP contribution in [0.3, 0.4) is 0 Å². The van der Waals surface area contributed by atoms with Crippen molar-refractivity contribution in [3.05, 3.63) is 0 Å². The summed E-state index contributed by atoms with van der Waals surface area (Å²) in [7, 11) is -3.13. The number of hydrogen-bond acceptors (Lipinski definition) is 1. The van der Waals surface area contributed by atoms with E-state index in [9.17, 15) is 0 Å². The zero-order chi connectivity index (χ0) is 3.58. The normalized spacial score (nSPS) is 2.67. The smallest absolute Gasteiger partial charge is 1.00 e. The van der Waals surface area contributed by atoms with Crippen molar-refractivity contribution in [3.8, 4) is 0 Å². The molecule has 0 amide bonds. The molecule has 0 aliphatic heterocycles. The second-order valence-corrected chi connectivity index (χ2v) is 0.848. The molecule has 0 heterocycles. The molecule has 0 fully saturated rings. The summed E-state index contributed by atoms with van der Waals surface area (Å²) in [5.41, 5.74) is 0. The summed E-state index contributed by atoms with van der Waals surface area (Å²) >= 11 is 0. The molecule has 0 saturated carbocycles. The van der Waals surface area contributed by atoms with Gasteiger partial charge in [0.1, 0.15) is 0 Å². The molecular weight excluding hydrogens is 246 g/mol. The molecule has 0 saturated heterocycles. The summed E-state index contributed by atoms with van der Waals surface area (Å²) in [6, 6.07) is 0. The van der Waals surface area contributed by atoms with Crippen molar-refractivity contribution < 1.29 is 67.8 Å². The Labute approximate surface area is 152 Å². The molecule has 0 aliphatic carbocycles. The van der Waals surface area contributed by atoms with Crippen molar-refractivity contribution in [2.24, 2.45) is 0 Å². The monoisotopic (exact) mass is 256 g/mol. The van der Waals surface area contributed by atoms with Crippen LogP contribution in [0.5, 0.6) is 0 Å². The van der Waals surface area contributed by atoms with E-state index in [1.54, 1.807) is 0 Å². The minimum absolute atomic E-state index is 0. The van der Waals surface area contributed by atoms with Crippen LogP contribution in [0, 0.1) is 0 Å². The third-order valence-electron chi connectivity index (χ3n) is 0. The largest absolute Gasteiger partial charge is 2.00 e. The summed E-state index contributed by atoms with van der Waals surface area (Å²) in [5.74, 6) is 0. The summed E-state index contributed by atoms with van der Waals surface area (Å²) in [4.78, 5) is 14.3. The van der Waals surface area contributed by atoms with Gasteiger partial charge in [0, 0.05) is 17.1 Å². The van der Waals surface area contributed by atoms with E-state index in [4.69, 9.17) is 14.1 Å². The SMILES string of the molecule is O=[Si](O)O.[AlH3].[Ca+2].[Fe].[H-].[H-].[H-].[H-].[H-].[Mg+2].[Na+]. The standard InChI is InChI=1S/Al.Ca.Fe.Mg.Na.H2O3Si.8H/c;;;;;1-4(2)3;;;;;;;;/h;;;;;1-2H;;;;;;;;/q;+2;;+2;+1;;;;;5*-1. The van der Waals surface area contributed by atoms with Crippen molar-refractivity contribution >= 4 is 87.3 Å². The second-order valence-electron chi connectivity index (χ2n) is 0.283. The van der Waals surface area contributed by atoms with Crippen LogP contribution >= 0.6 is 0 Å². The zero-order valence-corrected chi connectivity index (χ0v) is 12.3. The molecule has 0 bridgehead atoms. The Balaban J connectivity index is -0.000000001000. The molecule has 0 aliphatic rings. The average molecular weight is 256 g/mol. The van der Waals surface area contributed by atoms with Crippen molar-refractivity contribution in [2.75, 3.05) is 0 Å². The fraction of sp³-hybridized carbons (Fsp3) is 0. The van der Waals surface area contributed by atoms with Crippen LogP contribution in [-0.2, 0) is 21.5 Å². The third-order valence-corrected chi connectivity index (χ3v) is 0. The van der Waals surface area contributed by atoms with Gasteiger partial charge >= 0.3 is 99.5 Å². The summed E-state index contributed by atoms with van der Waals surface area (Å²) in [5, 5.41) is 0. The molecule has 3 nitrogen and oxygen atoms in total. The Morgan fingerprint density at radius 2 is 1.33 bits per heavy atom. The molecular formula is H10AlCaFeMgNaO3Si. The molecule has 0 aromatic rings. The fourth-order valence-corrected chi connectivity index (χ4v) is 0. The maximum atomic E-state index is 8.74. The molecule has 0 spiro atoms. The van der Waals surface area contributed by atoms with Gasteiger partial charge in [-0.2, -0.15) is 0 Å². The molecule has 9 heavy (non-hydrogen) atoms. The molecule has 0 radical (unpaired) electrons. The van der Waals surface area contributed by atoms with E-state index in [2.05, 4.69) is 0 Å². The van der Waals surface area contributed by atoms with Crippen LogP contribution < -0.4 is 29.6 Å². The Kier molecular flexibility index (Phi) is 128. The fourth-order valence-electron chi connectivity index (χ4n) is 0. The summed E-state index contributed by atoms with van der Waals surface area (Å²) < 4.78 is 8.74. The van der Waals surface area contributed by atoms with Gasteiger partial charge < -0.3 is 16.7 Å². The van der Waals surface area contributed by atoms with Crippen molar-refractivity contribution in [1.82, 2.24) is 0 Å². The van der Waals surface area contributed by atoms with E-state index >= 15 is 0 Å². The Hall–Kier alpha value is 3.69. The summed E-state index contributed by atoms with van der Waals surface area (Å²) in [6.45, 7) is 0. The van der Waals surface area contributed by atoms with Crippen LogP contribution in [0.2, 0.25) is 0 Å². The molecule has 0 atom stereocenters. The minimum Gasteiger partial charge on any atom is -1.00 e. The van der Waals surface area contributed by atoms with Crippen molar-refractivity contribution in [1.29, 1.82) is 0 Å². The van der Waals surface area contributed by atoms with Crippen LogP contribution in [-0.4, -0.2) is 96.9 Å². The molecule has 0 rings (SSSR count). The molecule has 48 valence electrons. The molecule has 2 N–H and O–H groups in total. The van der Waals surface area contributed by atoms with Crippen molar-refractivity contribution in [2.45, 2.75) is 0 Å². The third kappa shape index (κ3) is 80.5. The Bertz CT molecular complexity index is 60.0. The van der Waals surface area contributed by atoms with Gasteiger partial charge in [0.25, 0.3) is 0 Å². The first-order chi connectivity index (χ1) is 1.73. The number of hydrogen-bond donors (Lipinski definition) is 2. The first kappa shape index (κ1) is 38.7. The molecule has 9 heteroatoms. The van der Waals surface area contributed by atoms with E-state index in [0.717, 1.165) is 0 Å². The van der Waals surface area contributed by atoms with Gasteiger partial charge in [0.05, 0.1) is 0 Å². The molecule has 0 unspecified atom stereocenters. The topological polar surface area (TPSA) is 57.5 Å². The summed E-state index contributed by atoms with van der Waals surface area (Å²) in [6.07, 6.45) is 0. The maximum absolute atomic E-state index is 8.74. The van der Waals surface area contributed by atoms with Gasteiger partial charge in [-0.25, -0.2) is 0 Å². The average Bonchev–Trinajstić information content (AvgIpc) is 0.811. The molecule has 0 aromatic carbocycles. The van der Waals surface area contributed by atoms with Gasteiger partial charge in [-0.05, 0) is 0 Å². The predicted molar refractivity (Wildman–Crippen MR) is 37.9 cm³/mol. The van der Waals surface area contributed by atoms with Crippen LogP contribution in [0.25, 0.3) is 0 Å². The quantitative estimate of drug-likeness (QED) is 0.424. The van der Waals surface area contributed by atoms with E-state index in [1.807, 2.05) is 0 Å². The van der Waals surface area contributed by atoms with Gasteiger partial charge in [0.15, 0.2) is 17.4 Å². The first-order valence-electron chi connectivity index (χ1n) is 0.651. The van der Waals surface area contributed by atoms with Gasteiger partial charge in [-0.3, -0.25) is 4.46 Å². The van der Waals surface area contributed by atoms with Crippen LogP contribution in [0.1, 0.15) is 7.13 Å².